The van der Waals surface area contributed by atoms with Gasteiger partial charge in [-0.05, 0) is 13.5 Å². The molecule has 1 aromatic rings. The molecule has 0 aromatic carbocycles. The van der Waals surface area contributed by atoms with Crippen molar-refractivity contribution in [1.29, 1.82) is 0 Å². The molecule has 1 atom stereocenters. The molecule has 0 spiro atoms. The fourth-order valence-corrected chi connectivity index (χ4v) is 2.62. The summed E-state index contributed by atoms with van der Waals surface area (Å²) in [5, 5.41) is 3.41. The number of hydrogen-bond donors (Lipinski definition) is 0. The van der Waals surface area contributed by atoms with Crippen LogP contribution in [0, 0.1) is 0 Å². The average molecular weight is 256 g/mol. The third kappa shape index (κ3) is 4.37. The van der Waals surface area contributed by atoms with E-state index in [2.05, 4.69) is 43.0 Å². The lowest BCUT2D eigenvalue weighted by atomic mass is 10.2. The lowest BCUT2D eigenvalue weighted by Crippen LogP contribution is -2.35. The molecule has 98 valence electrons. The first-order chi connectivity index (χ1) is 8.08. The maximum Gasteiger partial charge on any atom is 0.0954 e. The highest BCUT2D eigenvalue weighted by Gasteiger charge is 2.14. The van der Waals surface area contributed by atoms with E-state index in [4.69, 9.17) is 4.74 Å². The van der Waals surface area contributed by atoms with Gasteiger partial charge in [-0.15, -0.1) is 11.3 Å². The largest absolute Gasteiger partial charge is 0.383 e. The van der Waals surface area contributed by atoms with Crippen molar-refractivity contribution in [3.05, 3.63) is 16.1 Å². The molecule has 0 aliphatic carbocycles. The van der Waals surface area contributed by atoms with Gasteiger partial charge in [0.1, 0.15) is 0 Å². The third-order valence-corrected chi connectivity index (χ3v) is 4.06. The zero-order valence-corrected chi connectivity index (χ0v) is 12.4. The predicted molar refractivity (Wildman–Crippen MR) is 73.6 cm³/mol. The van der Waals surface area contributed by atoms with Gasteiger partial charge in [0.15, 0.2) is 0 Å². The maximum atomic E-state index is 5.21. The standard InChI is InChI=1S/C13H24N2OS/c1-6-15(11(4)8-16-5)7-12-9-17-13(14-12)10(2)3/h9-11H,6-8H2,1-5H3. The van der Waals surface area contributed by atoms with E-state index in [1.54, 1.807) is 18.4 Å². The van der Waals surface area contributed by atoms with Crippen LogP contribution in [0.3, 0.4) is 0 Å². The minimum atomic E-state index is 0.439. The Hall–Kier alpha value is -0.450. The topological polar surface area (TPSA) is 25.4 Å². The monoisotopic (exact) mass is 256 g/mol. The lowest BCUT2D eigenvalue weighted by Gasteiger charge is -2.26. The lowest BCUT2D eigenvalue weighted by molar-refractivity contribution is 0.0975. The molecule has 0 amide bonds. The molecule has 17 heavy (non-hydrogen) atoms. The number of nitrogens with zero attached hydrogens (tertiary/aromatic N) is 2. The second-order valence-electron chi connectivity index (χ2n) is 4.70. The molecule has 0 radical (unpaired) electrons. The van der Waals surface area contributed by atoms with Gasteiger partial charge in [0.05, 0.1) is 17.3 Å². The van der Waals surface area contributed by atoms with E-state index >= 15 is 0 Å². The smallest absolute Gasteiger partial charge is 0.0954 e. The summed E-state index contributed by atoms with van der Waals surface area (Å²) in [5.74, 6) is 0.528. The van der Waals surface area contributed by atoms with Crippen LogP contribution in [0.4, 0.5) is 0 Å². The van der Waals surface area contributed by atoms with Crippen LogP contribution in [0.15, 0.2) is 5.38 Å². The summed E-state index contributed by atoms with van der Waals surface area (Å²) in [5.41, 5.74) is 1.18. The number of likely N-dealkylation sites (N-methyl/N-ethyl adjacent to an activating group) is 1. The Balaban J connectivity index is 2.60. The minimum Gasteiger partial charge on any atom is -0.383 e. The van der Waals surface area contributed by atoms with Gasteiger partial charge in [-0.3, -0.25) is 4.90 Å². The highest BCUT2D eigenvalue weighted by molar-refractivity contribution is 7.09. The van der Waals surface area contributed by atoms with Crippen molar-refractivity contribution in [1.82, 2.24) is 9.88 Å². The molecule has 0 N–H and O–H groups in total. The van der Waals surface area contributed by atoms with E-state index < -0.39 is 0 Å². The van der Waals surface area contributed by atoms with Crippen LogP contribution in [0.25, 0.3) is 0 Å². The Morgan fingerprint density at radius 1 is 1.41 bits per heavy atom. The molecular weight excluding hydrogens is 232 g/mol. The van der Waals surface area contributed by atoms with Crippen molar-refractivity contribution in [3.8, 4) is 0 Å². The van der Waals surface area contributed by atoms with E-state index in [9.17, 15) is 0 Å². The normalized spacial score (nSPS) is 13.6. The fourth-order valence-electron chi connectivity index (χ4n) is 1.79. The van der Waals surface area contributed by atoms with E-state index in [0.717, 1.165) is 19.7 Å². The molecule has 1 heterocycles. The molecule has 0 fully saturated rings. The van der Waals surface area contributed by atoms with Crippen molar-refractivity contribution in [2.75, 3.05) is 20.3 Å². The minimum absolute atomic E-state index is 0.439. The summed E-state index contributed by atoms with van der Waals surface area (Å²) in [7, 11) is 1.75. The van der Waals surface area contributed by atoms with Crippen molar-refractivity contribution in [2.24, 2.45) is 0 Å². The van der Waals surface area contributed by atoms with E-state index in [1.165, 1.54) is 10.7 Å². The molecular formula is C13H24N2OS. The van der Waals surface area contributed by atoms with Gasteiger partial charge < -0.3 is 4.74 Å². The van der Waals surface area contributed by atoms with Crippen LogP contribution < -0.4 is 0 Å². The van der Waals surface area contributed by atoms with E-state index in [1.807, 2.05) is 0 Å². The quantitative estimate of drug-likeness (QED) is 0.749. The summed E-state index contributed by atoms with van der Waals surface area (Å²) < 4.78 is 5.21. The Kier molecular flexibility index (Phi) is 6.09. The molecule has 0 bridgehead atoms. The molecule has 1 rings (SSSR count). The molecule has 4 heteroatoms. The first-order valence-corrected chi connectivity index (χ1v) is 7.13. The van der Waals surface area contributed by atoms with Crippen molar-refractivity contribution in [3.63, 3.8) is 0 Å². The van der Waals surface area contributed by atoms with E-state index in [0.29, 0.717) is 12.0 Å². The zero-order valence-electron chi connectivity index (χ0n) is 11.6. The Bertz CT molecular complexity index is 325. The Morgan fingerprint density at radius 3 is 2.59 bits per heavy atom. The molecule has 0 aliphatic rings. The maximum absolute atomic E-state index is 5.21. The third-order valence-electron chi connectivity index (χ3n) is 2.87. The van der Waals surface area contributed by atoms with Gasteiger partial charge in [0.25, 0.3) is 0 Å². The first-order valence-electron chi connectivity index (χ1n) is 6.25. The molecule has 0 saturated heterocycles. The Morgan fingerprint density at radius 2 is 2.12 bits per heavy atom. The van der Waals surface area contributed by atoms with Crippen molar-refractivity contribution < 1.29 is 4.74 Å². The van der Waals surface area contributed by atoms with Crippen LogP contribution >= 0.6 is 11.3 Å². The first kappa shape index (κ1) is 14.6. The van der Waals surface area contributed by atoms with Crippen LogP contribution in [0.1, 0.15) is 44.3 Å². The highest BCUT2D eigenvalue weighted by atomic mass is 32.1. The summed E-state index contributed by atoms with van der Waals surface area (Å²) >= 11 is 1.77. The molecule has 3 nitrogen and oxygen atoms in total. The van der Waals surface area contributed by atoms with E-state index in [-0.39, 0.29) is 0 Å². The number of thiazole rings is 1. The highest BCUT2D eigenvalue weighted by Crippen LogP contribution is 2.20. The zero-order chi connectivity index (χ0) is 12.8. The summed E-state index contributed by atoms with van der Waals surface area (Å²) in [6, 6.07) is 0.439. The number of hydrogen-bond acceptors (Lipinski definition) is 4. The Labute approximate surface area is 109 Å². The van der Waals surface area contributed by atoms with Gasteiger partial charge in [0, 0.05) is 31.0 Å². The number of ether oxygens (including phenoxy) is 1. The van der Waals surface area contributed by atoms with Crippen molar-refractivity contribution >= 4 is 11.3 Å². The SMILES string of the molecule is CCN(Cc1csc(C(C)C)n1)C(C)COC. The fraction of sp³-hybridized carbons (Fsp3) is 0.769. The summed E-state index contributed by atoms with van der Waals surface area (Å²) in [4.78, 5) is 7.07. The second-order valence-corrected chi connectivity index (χ2v) is 5.59. The number of aromatic nitrogens is 1. The van der Waals surface area contributed by atoms with Crippen LogP contribution in [0.5, 0.6) is 0 Å². The van der Waals surface area contributed by atoms with Gasteiger partial charge in [-0.1, -0.05) is 20.8 Å². The van der Waals surface area contributed by atoms with Gasteiger partial charge in [-0.25, -0.2) is 4.98 Å². The van der Waals surface area contributed by atoms with Gasteiger partial charge >= 0.3 is 0 Å². The summed E-state index contributed by atoms with van der Waals surface area (Å²) in [6.45, 7) is 11.5. The molecule has 0 aliphatic heterocycles. The van der Waals surface area contributed by atoms with Crippen molar-refractivity contribution in [2.45, 2.75) is 46.2 Å². The molecule has 0 saturated carbocycles. The number of methoxy groups -OCH3 is 1. The van der Waals surface area contributed by atoms with Gasteiger partial charge in [0.2, 0.25) is 0 Å². The van der Waals surface area contributed by atoms with Crippen LogP contribution in [-0.2, 0) is 11.3 Å². The number of rotatable bonds is 7. The van der Waals surface area contributed by atoms with Crippen LogP contribution in [-0.4, -0.2) is 36.2 Å². The molecule has 1 unspecified atom stereocenters. The average Bonchev–Trinajstić information content (AvgIpc) is 2.74. The summed E-state index contributed by atoms with van der Waals surface area (Å²) in [6.07, 6.45) is 0. The van der Waals surface area contributed by atoms with Gasteiger partial charge in [-0.2, -0.15) is 0 Å². The van der Waals surface area contributed by atoms with Crippen LogP contribution in [0.2, 0.25) is 0 Å². The predicted octanol–water partition coefficient (Wildman–Crippen LogP) is 3.12. The molecule has 1 aromatic heterocycles. The second kappa shape index (κ2) is 7.09.